The molecule has 2 saturated heterocycles. The summed E-state index contributed by atoms with van der Waals surface area (Å²) in [7, 11) is 1.69. The first-order chi connectivity index (χ1) is 11.7. The monoisotopic (exact) mass is 339 g/mol. The number of rotatable bonds is 3. The van der Waals surface area contributed by atoms with E-state index in [9.17, 15) is 0 Å². The van der Waals surface area contributed by atoms with E-state index in [-0.39, 0.29) is 6.17 Å². The van der Waals surface area contributed by atoms with Crippen molar-refractivity contribution < 1.29 is 4.74 Å². The maximum Gasteiger partial charge on any atom is 0.192 e. The van der Waals surface area contributed by atoms with Crippen molar-refractivity contribution in [2.75, 3.05) is 25.1 Å². The minimum Gasteiger partial charge on any atom is -0.497 e. The zero-order valence-corrected chi connectivity index (χ0v) is 14.8. The van der Waals surface area contributed by atoms with Crippen LogP contribution in [0.4, 0.5) is 5.69 Å². The SMILES string of the molecule is COc1ccc(N2C(=S)N3CCCN3C2c2ccc(C)cc2)cc1. The largest absolute Gasteiger partial charge is 0.497 e. The van der Waals surface area contributed by atoms with Crippen molar-refractivity contribution in [3.63, 3.8) is 0 Å². The maximum atomic E-state index is 5.80. The number of hydrogen-bond donors (Lipinski definition) is 0. The summed E-state index contributed by atoms with van der Waals surface area (Å²) in [5, 5.41) is 5.50. The molecule has 2 aliphatic heterocycles. The van der Waals surface area contributed by atoms with Gasteiger partial charge in [0.05, 0.1) is 7.11 Å². The fraction of sp³-hybridized carbons (Fsp3) is 0.316. The van der Waals surface area contributed by atoms with E-state index < -0.39 is 0 Å². The molecule has 0 spiro atoms. The highest BCUT2D eigenvalue weighted by molar-refractivity contribution is 7.80. The summed E-state index contributed by atoms with van der Waals surface area (Å²) in [6.07, 6.45) is 1.27. The Kier molecular flexibility index (Phi) is 3.90. The molecule has 2 aromatic carbocycles. The van der Waals surface area contributed by atoms with E-state index in [1.54, 1.807) is 7.11 Å². The van der Waals surface area contributed by atoms with Gasteiger partial charge in [0, 0.05) is 18.8 Å². The van der Waals surface area contributed by atoms with Crippen LogP contribution in [0, 0.1) is 6.92 Å². The van der Waals surface area contributed by atoms with Gasteiger partial charge < -0.3 is 4.74 Å². The predicted octanol–water partition coefficient (Wildman–Crippen LogP) is 3.73. The third kappa shape index (κ3) is 2.44. The van der Waals surface area contributed by atoms with Gasteiger partial charge in [0.15, 0.2) is 5.11 Å². The van der Waals surface area contributed by atoms with Gasteiger partial charge in [0.2, 0.25) is 0 Å². The van der Waals surface area contributed by atoms with E-state index in [2.05, 4.69) is 58.2 Å². The highest BCUT2D eigenvalue weighted by Gasteiger charge is 2.45. The third-order valence-corrected chi connectivity index (χ3v) is 5.15. The average Bonchev–Trinajstić information content (AvgIpc) is 3.18. The molecule has 5 heteroatoms. The molecular formula is C19H21N3OS. The molecule has 0 saturated carbocycles. The molecule has 1 unspecified atom stereocenters. The van der Waals surface area contributed by atoms with Crippen molar-refractivity contribution in [1.29, 1.82) is 0 Å². The number of fused-ring (bicyclic) bond motifs is 1. The third-order valence-electron chi connectivity index (χ3n) is 4.75. The summed E-state index contributed by atoms with van der Waals surface area (Å²) in [6, 6.07) is 16.9. The van der Waals surface area contributed by atoms with Gasteiger partial charge in [-0.2, -0.15) is 5.01 Å². The standard InChI is InChI=1S/C19H21N3OS/c1-14-4-6-15(7-5-14)18-20-12-3-13-21(20)19(24)22(18)16-8-10-17(23-2)11-9-16/h4-11,18H,3,12-13H2,1-2H3. The fourth-order valence-electron chi connectivity index (χ4n) is 3.51. The van der Waals surface area contributed by atoms with Gasteiger partial charge >= 0.3 is 0 Å². The van der Waals surface area contributed by atoms with Crippen molar-refractivity contribution in [1.82, 2.24) is 10.0 Å². The number of methoxy groups -OCH3 is 1. The lowest BCUT2D eigenvalue weighted by atomic mass is 10.1. The van der Waals surface area contributed by atoms with E-state index in [1.165, 1.54) is 11.1 Å². The van der Waals surface area contributed by atoms with E-state index in [4.69, 9.17) is 17.0 Å². The molecule has 4 rings (SSSR count). The zero-order valence-electron chi connectivity index (χ0n) is 14.0. The first kappa shape index (κ1) is 15.4. The lowest BCUT2D eigenvalue weighted by Gasteiger charge is -2.29. The van der Waals surface area contributed by atoms with Crippen LogP contribution in [0.5, 0.6) is 5.75 Å². The van der Waals surface area contributed by atoms with Crippen molar-refractivity contribution in [3.8, 4) is 5.75 Å². The molecule has 0 aliphatic carbocycles. The van der Waals surface area contributed by atoms with Crippen LogP contribution in [-0.4, -0.2) is 35.3 Å². The Labute approximate surface area is 148 Å². The van der Waals surface area contributed by atoms with Gasteiger partial charge in [-0.1, -0.05) is 29.8 Å². The Morgan fingerprint density at radius 2 is 1.71 bits per heavy atom. The van der Waals surface area contributed by atoms with Crippen LogP contribution in [-0.2, 0) is 0 Å². The van der Waals surface area contributed by atoms with E-state index >= 15 is 0 Å². The van der Waals surface area contributed by atoms with Crippen LogP contribution in [0.3, 0.4) is 0 Å². The van der Waals surface area contributed by atoms with Crippen LogP contribution in [0.15, 0.2) is 48.5 Å². The van der Waals surface area contributed by atoms with Crippen LogP contribution < -0.4 is 9.64 Å². The molecule has 0 bridgehead atoms. The second-order valence-electron chi connectivity index (χ2n) is 6.27. The molecule has 0 N–H and O–H groups in total. The lowest BCUT2D eigenvalue weighted by molar-refractivity contribution is 0.0923. The molecule has 0 amide bonds. The van der Waals surface area contributed by atoms with Gasteiger partial charge in [-0.25, -0.2) is 0 Å². The lowest BCUT2D eigenvalue weighted by Crippen LogP contribution is -2.32. The van der Waals surface area contributed by atoms with Crippen molar-refractivity contribution in [3.05, 3.63) is 59.7 Å². The predicted molar refractivity (Wildman–Crippen MR) is 100 cm³/mol. The summed E-state index contributed by atoms with van der Waals surface area (Å²) in [6.45, 7) is 4.14. The number of ether oxygens (including phenoxy) is 1. The van der Waals surface area contributed by atoms with Gasteiger partial charge in [0.1, 0.15) is 11.9 Å². The minimum absolute atomic E-state index is 0.119. The number of aryl methyl sites for hydroxylation is 1. The number of benzene rings is 2. The normalized spacial score (nSPS) is 20.6. The highest BCUT2D eigenvalue weighted by atomic mass is 32.1. The number of nitrogens with zero attached hydrogens (tertiary/aromatic N) is 3. The number of hydrogen-bond acceptors (Lipinski definition) is 3. The van der Waals surface area contributed by atoms with Gasteiger partial charge in [-0.05, 0) is 55.4 Å². The maximum absolute atomic E-state index is 5.80. The molecule has 1 atom stereocenters. The average molecular weight is 339 g/mol. The van der Waals surface area contributed by atoms with E-state index in [1.807, 2.05) is 12.1 Å². The first-order valence-electron chi connectivity index (χ1n) is 8.27. The van der Waals surface area contributed by atoms with Crippen molar-refractivity contribution in [2.45, 2.75) is 19.5 Å². The smallest absolute Gasteiger partial charge is 0.192 e. The summed E-state index contributed by atoms with van der Waals surface area (Å²) in [5.41, 5.74) is 3.64. The zero-order chi connectivity index (χ0) is 16.7. The molecule has 4 nitrogen and oxygen atoms in total. The molecule has 2 heterocycles. The number of anilines is 1. The van der Waals surface area contributed by atoms with Crippen LogP contribution in [0.1, 0.15) is 23.7 Å². The molecule has 24 heavy (non-hydrogen) atoms. The van der Waals surface area contributed by atoms with Crippen LogP contribution in [0.2, 0.25) is 0 Å². The van der Waals surface area contributed by atoms with E-state index in [0.717, 1.165) is 36.1 Å². The van der Waals surface area contributed by atoms with Gasteiger partial charge in [-0.15, -0.1) is 0 Å². The summed E-state index contributed by atoms with van der Waals surface area (Å²) in [4.78, 5) is 2.25. The molecule has 0 radical (unpaired) electrons. The molecule has 2 fully saturated rings. The van der Waals surface area contributed by atoms with Crippen LogP contribution in [0.25, 0.3) is 0 Å². The Morgan fingerprint density at radius 3 is 2.38 bits per heavy atom. The first-order valence-corrected chi connectivity index (χ1v) is 8.68. The quantitative estimate of drug-likeness (QED) is 0.791. The second kappa shape index (κ2) is 6.07. The van der Waals surface area contributed by atoms with Gasteiger partial charge in [-0.3, -0.25) is 9.91 Å². The van der Waals surface area contributed by atoms with Crippen molar-refractivity contribution >= 4 is 23.0 Å². The number of hydrazine groups is 1. The fourth-order valence-corrected chi connectivity index (χ4v) is 3.91. The van der Waals surface area contributed by atoms with Crippen molar-refractivity contribution in [2.24, 2.45) is 0 Å². The topological polar surface area (TPSA) is 19.0 Å². The Bertz CT molecular complexity index is 744. The molecule has 2 aliphatic rings. The second-order valence-corrected chi connectivity index (χ2v) is 6.64. The summed E-state index contributed by atoms with van der Waals surface area (Å²) in [5.74, 6) is 0.858. The molecular weight excluding hydrogens is 318 g/mol. The Balaban J connectivity index is 1.76. The summed E-state index contributed by atoms with van der Waals surface area (Å²) < 4.78 is 5.29. The summed E-state index contributed by atoms with van der Waals surface area (Å²) >= 11 is 5.80. The molecule has 0 aromatic heterocycles. The Morgan fingerprint density at radius 1 is 1.00 bits per heavy atom. The molecule has 2 aromatic rings. The Hall–Kier alpha value is -2.11. The molecule has 124 valence electrons. The van der Waals surface area contributed by atoms with E-state index in [0.29, 0.717) is 0 Å². The number of thiocarbonyl (C=S) groups is 1. The minimum atomic E-state index is 0.119. The van der Waals surface area contributed by atoms with Crippen LogP contribution >= 0.6 is 12.2 Å². The van der Waals surface area contributed by atoms with Gasteiger partial charge in [0.25, 0.3) is 0 Å². The highest BCUT2D eigenvalue weighted by Crippen LogP contribution is 2.40.